The highest BCUT2D eigenvalue weighted by Crippen LogP contribution is 2.37. The molecule has 128 valence electrons. The van der Waals surface area contributed by atoms with E-state index in [-0.39, 0.29) is 0 Å². The van der Waals surface area contributed by atoms with Gasteiger partial charge in [0.25, 0.3) is 0 Å². The smallest absolute Gasteiger partial charge is 0.436 e. The Labute approximate surface area is 146 Å². The molecule has 3 heterocycles. The molecule has 0 atom stereocenters. The molecule has 0 bridgehead atoms. The van der Waals surface area contributed by atoms with Crippen LogP contribution in [0.15, 0.2) is 40.9 Å². The number of pyridine rings is 1. The second-order valence-corrected chi connectivity index (χ2v) is 7.28. The van der Waals surface area contributed by atoms with Crippen molar-refractivity contribution in [3.63, 3.8) is 0 Å². The SMILES string of the molecule is CC1(C)OB(c2cnc(N)c(-c3nc4ccccc4o3)c2)OC1(C)C. The van der Waals surface area contributed by atoms with Crippen molar-refractivity contribution in [1.29, 1.82) is 0 Å². The quantitative estimate of drug-likeness (QED) is 0.724. The van der Waals surface area contributed by atoms with E-state index in [0.29, 0.717) is 22.9 Å². The second kappa shape index (κ2) is 5.31. The number of oxazole rings is 1. The minimum Gasteiger partial charge on any atom is -0.436 e. The molecular formula is C18H20BN3O3. The first-order valence-electron chi connectivity index (χ1n) is 8.24. The number of hydrogen-bond acceptors (Lipinski definition) is 6. The molecule has 2 aromatic heterocycles. The molecule has 0 amide bonds. The zero-order valence-electron chi connectivity index (χ0n) is 14.7. The largest absolute Gasteiger partial charge is 0.496 e. The molecule has 1 saturated heterocycles. The molecule has 25 heavy (non-hydrogen) atoms. The average molecular weight is 337 g/mol. The molecule has 0 spiro atoms. The Morgan fingerprint density at radius 2 is 1.72 bits per heavy atom. The van der Waals surface area contributed by atoms with Crippen LogP contribution in [0.3, 0.4) is 0 Å². The maximum Gasteiger partial charge on any atom is 0.496 e. The van der Waals surface area contributed by atoms with Crippen LogP contribution in [-0.2, 0) is 9.31 Å². The number of nitrogens with zero attached hydrogens (tertiary/aromatic N) is 2. The fourth-order valence-corrected chi connectivity index (χ4v) is 2.76. The van der Waals surface area contributed by atoms with Crippen LogP contribution in [0, 0.1) is 0 Å². The second-order valence-electron chi connectivity index (χ2n) is 7.28. The minimum absolute atomic E-state index is 0.354. The van der Waals surface area contributed by atoms with E-state index in [1.807, 2.05) is 58.0 Å². The minimum atomic E-state index is -0.513. The number of aromatic nitrogens is 2. The van der Waals surface area contributed by atoms with Crippen LogP contribution in [0.25, 0.3) is 22.6 Å². The van der Waals surface area contributed by atoms with Crippen molar-refractivity contribution in [2.24, 2.45) is 0 Å². The molecule has 0 unspecified atom stereocenters. The molecule has 0 radical (unpaired) electrons. The molecule has 1 aromatic carbocycles. The van der Waals surface area contributed by atoms with E-state index < -0.39 is 18.3 Å². The van der Waals surface area contributed by atoms with Crippen molar-refractivity contribution in [2.45, 2.75) is 38.9 Å². The normalized spacial score (nSPS) is 18.8. The first-order chi connectivity index (χ1) is 11.8. The predicted molar refractivity (Wildman–Crippen MR) is 97.4 cm³/mol. The molecule has 1 aliphatic rings. The highest BCUT2D eigenvalue weighted by Gasteiger charge is 2.51. The lowest BCUT2D eigenvalue weighted by Gasteiger charge is -2.32. The Morgan fingerprint density at radius 3 is 2.40 bits per heavy atom. The molecule has 4 rings (SSSR count). The lowest BCUT2D eigenvalue weighted by Crippen LogP contribution is -2.41. The van der Waals surface area contributed by atoms with E-state index >= 15 is 0 Å². The molecular weight excluding hydrogens is 317 g/mol. The highest BCUT2D eigenvalue weighted by atomic mass is 16.7. The molecule has 0 saturated carbocycles. The number of benzene rings is 1. The van der Waals surface area contributed by atoms with Crippen LogP contribution >= 0.6 is 0 Å². The summed E-state index contributed by atoms with van der Waals surface area (Å²) in [5, 5.41) is 0. The Kier molecular flexibility index (Phi) is 3.42. The van der Waals surface area contributed by atoms with Crippen molar-refractivity contribution < 1.29 is 13.7 Å². The molecule has 1 aliphatic heterocycles. The number of nitrogen functional groups attached to an aromatic ring is 1. The fraction of sp³-hybridized carbons (Fsp3) is 0.333. The summed E-state index contributed by atoms with van der Waals surface area (Å²) in [4.78, 5) is 8.78. The number of fused-ring (bicyclic) bond motifs is 1. The van der Waals surface area contributed by atoms with Gasteiger partial charge in [-0.05, 0) is 45.9 Å². The number of rotatable bonds is 2. The fourth-order valence-electron chi connectivity index (χ4n) is 2.76. The third-order valence-corrected chi connectivity index (χ3v) is 4.99. The van der Waals surface area contributed by atoms with Crippen LogP contribution in [0.5, 0.6) is 0 Å². The van der Waals surface area contributed by atoms with E-state index in [0.717, 1.165) is 11.0 Å². The Hall–Kier alpha value is -2.38. The van der Waals surface area contributed by atoms with E-state index in [9.17, 15) is 0 Å². The maximum absolute atomic E-state index is 6.09. The Morgan fingerprint density at radius 1 is 1.04 bits per heavy atom. The van der Waals surface area contributed by atoms with Gasteiger partial charge in [0.2, 0.25) is 5.89 Å². The lowest BCUT2D eigenvalue weighted by molar-refractivity contribution is 0.00578. The van der Waals surface area contributed by atoms with Gasteiger partial charge in [-0.25, -0.2) is 9.97 Å². The van der Waals surface area contributed by atoms with Crippen molar-refractivity contribution in [2.75, 3.05) is 5.73 Å². The first-order valence-corrected chi connectivity index (χ1v) is 8.24. The first kappa shape index (κ1) is 16.1. The highest BCUT2D eigenvalue weighted by molar-refractivity contribution is 6.62. The van der Waals surface area contributed by atoms with Crippen molar-refractivity contribution in [3.05, 3.63) is 36.5 Å². The summed E-state index contributed by atoms with van der Waals surface area (Å²) in [5.41, 5.74) is 8.11. The zero-order valence-corrected chi connectivity index (χ0v) is 14.7. The maximum atomic E-state index is 6.09. The van der Waals surface area contributed by atoms with Gasteiger partial charge < -0.3 is 19.5 Å². The van der Waals surface area contributed by atoms with Crippen molar-refractivity contribution in [3.8, 4) is 11.5 Å². The molecule has 7 heteroatoms. The molecule has 3 aromatic rings. The molecule has 1 fully saturated rings. The number of para-hydroxylation sites is 2. The monoisotopic (exact) mass is 337 g/mol. The van der Waals surface area contributed by atoms with Gasteiger partial charge >= 0.3 is 7.12 Å². The van der Waals surface area contributed by atoms with E-state index in [1.54, 1.807) is 6.20 Å². The average Bonchev–Trinajstić information content (AvgIpc) is 3.06. The van der Waals surface area contributed by atoms with Crippen LogP contribution in [0.4, 0.5) is 5.82 Å². The summed E-state index contributed by atoms with van der Waals surface area (Å²) in [6.45, 7) is 8.05. The Bertz CT molecular complexity index is 903. The predicted octanol–water partition coefficient (Wildman–Crippen LogP) is 2.77. The standard InChI is InChI=1S/C18H20BN3O3/c1-17(2)18(3,4)25-19(24-17)11-9-12(15(20)21-10-11)16-22-13-7-5-6-8-14(13)23-16/h5-10H,1-4H3,(H2,20,21). The summed E-state index contributed by atoms with van der Waals surface area (Å²) >= 11 is 0. The van der Waals surface area contributed by atoms with Gasteiger partial charge in [-0.15, -0.1) is 0 Å². The van der Waals surface area contributed by atoms with Crippen LogP contribution < -0.4 is 11.2 Å². The van der Waals surface area contributed by atoms with Gasteiger partial charge in [0.05, 0.1) is 16.8 Å². The third-order valence-electron chi connectivity index (χ3n) is 4.99. The molecule has 2 N–H and O–H groups in total. The number of hydrogen-bond donors (Lipinski definition) is 1. The molecule has 0 aliphatic carbocycles. The van der Waals surface area contributed by atoms with Gasteiger partial charge in [0.15, 0.2) is 5.58 Å². The van der Waals surface area contributed by atoms with Crippen LogP contribution in [0.2, 0.25) is 0 Å². The van der Waals surface area contributed by atoms with Crippen LogP contribution in [-0.4, -0.2) is 28.3 Å². The van der Waals surface area contributed by atoms with E-state index in [1.165, 1.54) is 0 Å². The molecule has 6 nitrogen and oxygen atoms in total. The summed E-state index contributed by atoms with van der Waals surface area (Å²) in [6.07, 6.45) is 1.67. The van der Waals surface area contributed by atoms with Crippen molar-refractivity contribution >= 4 is 29.5 Å². The van der Waals surface area contributed by atoms with Crippen LogP contribution in [0.1, 0.15) is 27.7 Å². The summed E-state index contributed by atoms with van der Waals surface area (Å²) in [7, 11) is -0.513. The number of nitrogens with two attached hydrogens (primary N) is 1. The van der Waals surface area contributed by atoms with Gasteiger partial charge in [-0.2, -0.15) is 0 Å². The van der Waals surface area contributed by atoms with E-state index in [4.69, 9.17) is 19.5 Å². The third kappa shape index (κ3) is 2.60. The topological polar surface area (TPSA) is 83.4 Å². The van der Waals surface area contributed by atoms with Gasteiger partial charge in [-0.1, -0.05) is 12.1 Å². The Balaban J connectivity index is 1.75. The summed E-state index contributed by atoms with van der Waals surface area (Å²) in [6, 6.07) is 9.45. The zero-order chi connectivity index (χ0) is 17.8. The lowest BCUT2D eigenvalue weighted by atomic mass is 9.79. The van der Waals surface area contributed by atoms with Gasteiger partial charge in [0.1, 0.15) is 11.3 Å². The number of anilines is 1. The van der Waals surface area contributed by atoms with Gasteiger partial charge in [-0.3, -0.25) is 0 Å². The van der Waals surface area contributed by atoms with Crippen molar-refractivity contribution in [1.82, 2.24) is 9.97 Å². The van der Waals surface area contributed by atoms with E-state index in [2.05, 4.69) is 9.97 Å². The summed E-state index contributed by atoms with van der Waals surface area (Å²) in [5.74, 6) is 0.788. The van der Waals surface area contributed by atoms with Gasteiger partial charge in [0, 0.05) is 11.7 Å². The summed E-state index contributed by atoms with van der Waals surface area (Å²) < 4.78 is 18.0.